The van der Waals surface area contributed by atoms with Crippen molar-refractivity contribution < 1.29 is 28.2 Å². The zero-order chi connectivity index (χ0) is 28.6. The number of nitrogens with zero attached hydrogens (tertiary/aromatic N) is 1. The number of hydrogen-bond acceptors (Lipinski definition) is 6. The molecule has 40 heavy (non-hydrogen) atoms. The molecule has 3 aliphatic rings. The van der Waals surface area contributed by atoms with Gasteiger partial charge in [-0.25, -0.2) is 4.39 Å². The van der Waals surface area contributed by atoms with E-state index < -0.39 is 34.6 Å². The normalized spacial score (nSPS) is 22.2. The van der Waals surface area contributed by atoms with Crippen LogP contribution in [0.25, 0.3) is 6.08 Å². The first-order chi connectivity index (χ1) is 19.0. The molecule has 2 aliphatic heterocycles. The van der Waals surface area contributed by atoms with Crippen molar-refractivity contribution >= 4 is 29.1 Å². The molecule has 0 amide bonds. The van der Waals surface area contributed by atoms with Crippen LogP contribution in [0.1, 0.15) is 58.5 Å². The Balaban J connectivity index is 1.70. The molecule has 1 spiro atoms. The highest BCUT2D eigenvalue weighted by atomic mass is 19.1. The maximum Gasteiger partial charge on any atom is 0.180 e. The van der Waals surface area contributed by atoms with E-state index in [1.54, 1.807) is 60.7 Å². The molecule has 3 aromatic rings. The zero-order valence-electron chi connectivity index (χ0n) is 23.0. The maximum atomic E-state index is 14.6. The highest BCUT2D eigenvalue weighted by molar-refractivity contribution is 6.32. The monoisotopic (exact) mass is 539 g/mol. The molecule has 0 radical (unpaired) electrons. The Hall–Kier alpha value is -4.26. The molecule has 7 heteroatoms. The number of anilines is 1. The van der Waals surface area contributed by atoms with Crippen LogP contribution in [0, 0.1) is 16.6 Å². The van der Waals surface area contributed by atoms with Crippen LogP contribution in [0.15, 0.2) is 66.7 Å². The Bertz CT molecular complexity index is 1580. The Kier molecular flexibility index (Phi) is 5.77. The Morgan fingerprint density at radius 2 is 1.55 bits per heavy atom. The van der Waals surface area contributed by atoms with E-state index in [1.165, 1.54) is 26.4 Å². The van der Waals surface area contributed by atoms with E-state index in [0.29, 0.717) is 39.4 Å². The summed E-state index contributed by atoms with van der Waals surface area (Å²) in [5.74, 6) is -1.12. The fourth-order valence-corrected chi connectivity index (χ4v) is 6.81. The average Bonchev–Trinajstić information content (AvgIpc) is 3.37. The van der Waals surface area contributed by atoms with Crippen LogP contribution < -0.4 is 14.4 Å². The number of carbonyl (C=O) groups is 3. The van der Waals surface area contributed by atoms with E-state index in [4.69, 9.17) is 9.47 Å². The Morgan fingerprint density at radius 1 is 0.900 bits per heavy atom. The maximum absolute atomic E-state index is 14.6. The largest absolute Gasteiger partial charge is 0.493 e. The van der Waals surface area contributed by atoms with E-state index in [9.17, 15) is 18.8 Å². The number of hydrogen-bond donors (Lipinski definition) is 0. The summed E-state index contributed by atoms with van der Waals surface area (Å²) in [6.07, 6.45) is 3.54. The van der Waals surface area contributed by atoms with E-state index >= 15 is 0 Å². The number of fused-ring (bicyclic) bond motifs is 5. The van der Waals surface area contributed by atoms with Crippen molar-refractivity contribution in [2.24, 2.45) is 10.8 Å². The second kappa shape index (κ2) is 8.88. The van der Waals surface area contributed by atoms with Crippen LogP contribution in [-0.4, -0.2) is 43.7 Å². The van der Waals surface area contributed by atoms with E-state index in [2.05, 4.69) is 0 Å². The number of carbonyl (C=O) groups excluding carboxylic acids is 3. The number of ketones is 3. The van der Waals surface area contributed by atoms with Crippen molar-refractivity contribution in [1.82, 2.24) is 0 Å². The molecule has 0 N–H and O–H groups in total. The SMILES string of the molecule is COc1ccc([C@@H]2[C@@H](C(=O)C(C)(C)C)N3c4ccc(F)cc4C=C[C@H]3C23C(=O)c2ccccc2C3=O)cc1OC. The summed E-state index contributed by atoms with van der Waals surface area (Å²) in [6, 6.07) is 14.8. The lowest BCUT2D eigenvalue weighted by Crippen LogP contribution is -2.49. The molecule has 1 saturated heterocycles. The first kappa shape index (κ1) is 26.0. The summed E-state index contributed by atoms with van der Waals surface area (Å²) in [5.41, 5.74) is 0.0598. The highest BCUT2D eigenvalue weighted by Crippen LogP contribution is 2.61. The molecule has 3 atom stereocenters. The van der Waals surface area contributed by atoms with Crippen molar-refractivity contribution in [2.45, 2.75) is 38.8 Å². The van der Waals surface area contributed by atoms with Crippen LogP contribution in [-0.2, 0) is 4.79 Å². The number of methoxy groups -OCH3 is 2. The fourth-order valence-electron chi connectivity index (χ4n) is 6.81. The van der Waals surface area contributed by atoms with E-state index in [1.807, 2.05) is 25.7 Å². The second-order valence-electron chi connectivity index (χ2n) is 11.6. The van der Waals surface area contributed by atoms with Crippen molar-refractivity contribution in [3.8, 4) is 11.5 Å². The third kappa shape index (κ3) is 3.36. The van der Waals surface area contributed by atoms with Gasteiger partial charge in [-0.2, -0.15) is 0 Å². The summed E-state index contributed by atoms with van der Waals surface area (Å²) in [7, 11) is 3.05. The topological polar surface area (TPSA) is 72.9 Å². The molecule has 2 heterocycles. The Morgan fingerprint density at radius 3 is 2.15 bits per heavy atom. The smallest absolute Gasteiger partial charge is 0.180 e. The predicted molar refractivity (Wildman–Crippen MR) is 150 cm³/mol. The second-order valence-corrected chi connectivity index (χ2v) is 11.6. The zero-order valence-corrected chi connectivity index (χ0v) is 23.0. The Labute approximate surface area is 232 Å². The highest BCUT2D eigenvalue weighted by Gasteiger charge is 2.72. The number of ether oxygens (including phenoxy) is 2. The van der Waals surface area contributed by atoms with Crippen molar-refractivity contribution in [1.29, 1.82) is 0 Å². The average molecular weight is 540 g/mol. The summed E-state index contributed by atoms with van der Waals surface area (Å²) < 4.78 is 25.4. The lowest BCUT2D eigenvalue weighted by molar-refractivity contribution is -0.127. The molecule has 0 saturated carbocycles. The minimum absolute atomic E-state index is 0.128. The molecule has 0 aromatic heterocycles. The van der Waals surface area contributed by atoms with Gasteiger partial charge in [-0.05, 0) is 35.9 Å². The first-order valence-electron chi connectivity index (χ1n) is 13.3. The number of rotatable bonds is 4. The van der Waals surface area contributed by atoms with E-state index in [0.717, 1.165) is 0 Å². The van der Waals surface area contributed by atoms with Crippen LogP contribution in [0.4, 0.5) is 10.1 Å². The van der Waals surface area contributed by atoms with E-state index in [-0.39, 0.29) is 17.3 Å². The lowest BCUT2D eigenvalue weighted by atomic mass is 9.63. The van der Waals surface area contributed by atoms with Crippen molar-refractivity contribution in [2.75, 3.05) is 19.1 Å². The molecule has 0 bridgehead atoms. The van der Waals surface area contributed by atoms with Gasteiger partial charge in [-0.3, -0.25) is 14.4 Å². The molecule has 1 aliphatic carbocycles. The number of benzene rings is 3. The van der Waals surface area contributed by atoms with Gasteiger partial charge in [0, 0.05) is 33.7 Å². The van der Waals surface area contributed by atoms with Gasteiger partial charge < -0.3 is 14.4 Å². The molecule has 6 nitrogen and oxygen atoms in total. The van der Waals surface area contributed by atoms with Gasteiger partial charge in [0.15, 0.2) is 28.8 Å². The van der Waals surface area contributed by atoms with Gasteiger partial charge in [0.2, 0.25) is 0 Å². The predicted octanol–water partition coefficient (Wildman–Crippen LogP) is 5.89. The molecule has 6 rings (SSSR count). The van der Waals surface area contributed by atoms with Crippen LogP contribution in [0.2, 0.25) is 0 Å². The minimum Gasteiger partial charge on any atom is -0.493 e. The lowest BCUT2D eigenvalue weighted by Gasteiger charge is -2.38. The van der Waals surface area contributed by atoms with Gasteiger partial charge in [-0.1, -0.05) is 63.3 Å². The van der Waals surface area contributed by atoms with Crippen LogP contribution >= 0.6 is 0 Å². The summed E-state index contributed by atoms with van der Waals surface area (Å²) in [6.45, 7) is 5.50. The molecule has 3 aromatic carbocycles. The molecule has 1 fully saturated rings. The van der Waals surface area contributed by atoms with Gasteiger partial charge in [-0.15, -0.1) is 0 Å². The molecular formula is C33H30FNO5. The third-order valence-electron chi connectivity index (χ3n) is 8.54. The molecular weight excluding hydrogens is 509 g/mol. The quantitative estimate of drug-likeness (QED) is 0.385. The molecule has 204 valence electrons. The number of Topliss-reactive ketones (excluding diaryl/α,β-unsaturated/α-hetero) is 3. The van der Waals surface area contributed by atoms with Gasteiger partial charge in [0.25, 0.3) is 0 Å². The summed E-state index contributed by atoms with van der Waals surface area (Å²) >= 11 is 0. The van der Waals surface area contributed by atoms with Gasteiger partial charge >= 0.3 is 0 Å². The summed E-state index contributed by atoms with van der Waals surface area (Å²) in [5, 5.41) is 0. The summed E-state index contributed by atoms with van der Waals surface area (Å²) in [4.78, 5) is 45.6. The standard InChI is InChI=1S/C33H30FNO5/c1-32(2,3)31(38)28-27(19-10-14-24(39-4)25(17-19)40-5)33(29(36)21-8-6-7-9-22(21)30(33)37)26-15-11-18-16-20(34)12-13-23(18)35(26)28/h6-17,26-28H,1-5H3/t26-,27+,28-/m0/s1. The minimum atomic E-state index is -1.63. The fraction of sp³-hybridized carbons (Fsp3) is 0.303. The van der Waals surface area contributed by atoms with Gasteiger partial charge in [0.05, 0.1) is 26.3 Å². The van der Waals surface area contributed by atoms with Crippen molar-refractivity contribution in [3.05, 3.63) is 94.8 Å². The van der Waals surface area contributed by atoms with Crippen molar-refractivity contribution in [3.63, 3.8) is 0 Å². The molecule has 0 unspecified atom stereocenters. The van der Waals surface area contributed by atoms with Crippen LogP contribution in [0.3, 0.4) is 0 Å². The third-order valence-corrected chi connectivity index (χ3v) is 8.54. The van der Waals surface area contributed by atoms with Gasteiger partial charge in [0.1, 0.15) is 11.2 Å². The first-order valence-corrected chi connectivity index (χ1v) is 13.3. The van der Waals surface area contributed by atoms with Crippen LogP contribution in [0.5, 0.6) is 11.5 Å². The number of halogens is 1.